The van der Waals surface area contributed by atoms with E-state index in [4.69, 9.17) is 4.74 Å². The van der Waals surface area contributed by atoms with Gasteiger partial charge >= 0.3 is 0 Å². The van der Waals surface area contributed by atoms with Gasteiger partial charge in [-0.1, -0.05) is 24.3 Å². The molecule has 1 aromatic heterocycles. The normalized spacial score (nSPS) is 16.1. The number of amides is 1. The summed E-state index contributed by atoms with van der Waals surface area (Å²) in [6.45, 7) is 3.78. The van der Waals surface area contributed by atoms with Gasteiger partial charge in [0.2, 0.25) is 11.9 Å². The Balaban J connectivity index is 1.43. The van der Waals surface area contributed by atoms with E-state index in [2.05, 4.69) is 15.3 Å². The maximum absolute atomic E-state index is 13.5. The first-order chi connectivity index (χ1) is 15.1. The summed E-state index contributed by atoms with van der Waals surface area (Å²) in [5, 5.41) is 3.01. The van der Waals surface area contributed by atoms with Crippen molar-refractivity contribution in [3.8, 4) is 16.9 Å². The fraction of sp³-hybridized carbons (Fsp3) is 0.292. The molecule has 1 aliphatic heterocycles. The topological polar surface area (TPSA) is 67.3 Å². The van der Waals surface area contributed by atoms with Crippen LogP contribution in [0, 0.1) is 11.7 Å². The molecule has 1 fully saturated rings. The van der Waals surface area contributed by atoms with E-state index >= 15 is 0 Å². The van der Waals surface area contributed by atoms with Crippen molar-refractivity contribution >= 4 is 17.5 Å². The molecule has 0 aliphatic carbocycles. The number of anilines is 2. The molecule has 0 saturated carbocycles. The number of aromatic nitrogens is 2. The lowest BCUT2D eigenvalue weighted by molar-refractivity contribution is -0.120. The number of nitrogens with one attached hydrogen (secondary N) is 1. The van der Waals surface area contributed by atoms with Gasteiger partial charge in [0.25, 0.3) is 0 Å². The number of rotatable bonds is 6. The molecule has 2 heterocycles. The quantitative estimate of drug-likeness (QED) is 0.634. The molecule has 160 valence electrons. The summed E-state index contributed by atoms with van der Waals surface area (Å²) in [5.74, 6) is 0.746. The summed E-state index contributed by atoms with van der Waals surface area (Å²) in [5.41, 5.74) is 2.17. The fourth-order valence-electron chi connectivity index (χ4n) is 3.76. The smallest absolute Gasteiger partial charge is 0.229 e. The van der Waals surface area contributed by atoms with Crippen molar-refractivity contribution in [3.05, 3.63) is 66.7 Å². The Morgan fingerprint density at radius 3 is 2.74 bits per heavy atom. The van der Waals surface area contributed by atoms with Crippen molar-refractivity contribution in [2.75, 3.05) is 29.9 Å². The molecule has 0 unspecified atom stereocenters. The predicted molar refractivity (Wildman–Crippen MR) is 119 cm³/mol. The predicted octanol–water partition coefficient (Wildman–Crippen LogP) is 4.54. The Morgan fingerprint density at radius 1 is 1.16 bits per heavy atom. The van der Waals surface area contributed by atoms with E-state index in [1.807, 2.05) is 42.2 Å². The lowest BCUT2D eigenvalue weighted by Crippen LogP contribution is -2.41. The van der Waals surface area contributed by atoms with Crippen LogP contribution < -0.4 is 15.0 Å². The largest absolute Gasteiger partial charge is 0.492 e. The number of hydrogen-bond donors (Lipinski definition) is 1. The van der Waals surface area contributed by atoms with E-state index < -0.39 is 0 Å². The van der Waals surface area contributed by atoms with Crippen LogP contribution in [-0.2, 0) is 4.79 Å². The molecule has 4 rings (SSSR count). The molecule has 2 aromatic carbocycles. The van der Waals surface area contributed by atoms with Gasteiger partial charge in [-0.05, 0) is 49.6 Å². The zero-order chi connectivity index (χ0) is 21.6. The van der Waals surface area contributed by atoms with Crippen molar-refractivity contribution < 1.29 is 13.9 Å². The number of nitrogens with zero attached hydrogens (tertiary/aromatic N) is 3. The second-order valence-corrected chi connectivity index (χ2v) is 7.49. The van der Waals surface area contributed by atoms with Gasteiger partial charge in [0.05, 0.1) is 18.2 Å². The second kappa shape index (κ2) is 9.55. The van der Waals surface area contributed by atoms with Gasteiger partial charge in [0.1, 0.15) is 11.6 Å². The minimum Gasteiger partial charge on any atom is -0.492 e. The van der Waals surface area contributed by atoms with E-state index in [0.29, 0.717) is 30.5 Å². The molecule has 0 spiro atoms. The zero-order valence-electron chi connectivity index (χ0n) is 17.4. The van der Waals surface area contributed by atoms with Gasteiger partial charge in [-0.15, -0.1) is 0 Å². The van der Waals surface area contributed by atoms with Crippen LogP contribution in [0.2, 0.25) is 0 Å². The summed E-state index contributed by atoms with van der Waals surface area (Å²) in [4.78, 5) is 23.9. The summed E-state index contributed by atoms with van der Waals surface area (Å²) in [6.07, 6.45) is 5.07. The number of hydrogen-bond acceptors (Lipinski definition) is 5. The standard InChI is InChI=1S/C24H25FN4O2/c1-2-31-22-11-4-3-10-21(22)28-23(30)18-8-6-12-29(16-18)24-26-14-19(15-27-24)17-7-5-9-20(25)13-17/h3-5,7,9-11,13-15,18H,2,6,8,12,16H2,1H3,(H,28,30)/t18-/m1/s1. The number of carbonyl (C=O) groups excluding carboxylic acids is 1. The SMILES string of the molecule is CCOc1ccccc1NC(=O)[C@@H]1CCCN(c2ncc(-c3cccc(F)c3)cn2)C1. The molecule has 1 atom stereocenters. The average Bonchev–Trinajstić information content (AvgIpc) is 2.81. The minimum atomic E-state index is -0.294. The maximum atomic E-state index is 13.5. The Bertz CT molecular complexity index is 1040. The van der Waals surface area contributed by atoms with Crippen molar-refractivity contribution in [2.24, 2.45) is 5.92 Å². The highest BCUT2D eigenvalue weighted by Crippen LogP contribution is 2.27. The van der Waals surface area contributed by atoms with Crippen molar-refractivity contribution in [2.45, 2.75) is 19.8 Å². The number of piperidine rings is 1. The molecule has 1 N–H and O–H groups in total. The summed E-state index contributed by atoms with van der Waals surface area (Å²) in [7, 11) is 0. The summed E-state index contributed by atoms with van der Waals surface area (Å²) >= 11 is 0. The molecule has 1 aliphatic rings. The second-order valence-electron chi connectivity index (χ2n) is 7.49. The minimum absolute atomic E-state index is 0.0340. The number of benzene rings is 2. The van der Waals surface area contributed by atoms with Crippen LogP contribution in [-0.4, -0.2) is 35.6 Å². The lowest BCUT2D eigenvalue weighted by Gasteiger charge is -2.32. The van der Waals surface area contributed by atoms with Crippen LogP contribution in [0.1, 0.15) is 19.8 Å². The molecule has 6 nitrogen and oxygen atoms in total. The van der Waals surface area contributed by atoms with Crippen LogP contribution >= 0.6 is 0 Å². The first kappa shape index (κ1) is 20.8. The van der Waals surface area contributed by atoms with Gasteiger partial charge in [-0.2, -0.15) is 0 Å². The van der Waals surface area contributed by atoms with Gasteiger partial charge in [0, 0.05) is 31.0 Å². The van der Waals surface area contributed by atoms with E-state index in [1.54, 1.807) is 18.5 Å². The molecule has 7 heteroatoms. The van der Waals surface area contributed by atoms with Crippen LogP contribution in [0.3, 0.4) is 0 Å². The lowest BCUT2D eigenvalue weighted by atomic mass is 9.97. The number of halogens is 1. The highest BCUT2D eigenvalue weighted by Gasteiger charge is 2.27. The number of para-hydroxylation sites is 2. The third kappa shape index (κ3) is 4.99. The van der Waals surface area contributed by atoms with Gasteiger partial charge in [-0.25, -0.2) is 14.4 Å². The van der Waals surface area contributed by atoms with Gasteiger partial charge in [-0.3, -0.25) is 4.79 Å². The average molecular weight is 420 g/mol. The molecule has 0 radical (unpaired) electrons. The van der Waals surface area contributed by atoms with E-state index in [9.17, 15) is 9.18 Å². The van der Waals surface area contributed by atoms with E-state index in [0.717, 1.165) is 30.5 Å². The summed E-state index contributed by atoms with van der Waals surface area (Å²) < 4.78 is 19.1. The van der Waals surface area contributed by atoms with Crippen molar-refractivity contribution in [1.82, 2.24) is 9.97 Å². The Hall–Kier alpha value is -3.48. The van der Waals surface area contributed by atoms with Crippen LogP contribution in [0.25, 0.3) is 11.1 Å². The maximum Gasteiger partial charge on any atom is 0.229 e. The molecular formula is C24H25FN4O2. The molecular weight excluding hydrogens is 395 g/mol. The van der Waals surface area contributed by atoms with Crippen molar-refractivity contribution in [1.29, 1.82) is 0 Å². The van der Waals surface area contributed by atoms with Gasteiger partial charge < -0.3 is 15.0 Å². The summed E-state index contributed by atoms with van der Waals surface area (Å²) in [6, 6.07) is 13.8. The molecule has 1 amide bonds. The first-order valence-electron chi connectivity index (χ1n) is 10.5. The fourth-order valence-corrected chi connectivity index (χ4v) is 3.76. The Kier molecular flexibility index (Phi) is 6.40. The van der Waals surface area contributed by atoms with Crippen LogP contribution in [0.15, 0.2) is 60.9 Å². The number of ether oxygens (including phenoxy) is 1. The monoisotopic (exact) mass is 420 g/mol. The van der Waals surface area contributed by atoms with Crippen LogP contribution in [0.4, 0.5) is 16.0 Å². The van der Waals surface area contributed by atoms with Crippen LogP contribution in [0.5, 0.6) is 5.75 Å². The Morgan fingerprint density at radius 2 is 1.97 bits per heavy atom. The molecule has 1 saturated heterocycles. The van der Waals surface area contributed by atoms with Gasteiger partial charge in [0.15, 0.2) is 0 Å². The third-order valence-corrected chi connectivity index (χ3v) is 5.32. The van der Waals surface area contributed by atoms with E-state index in [1.165, 1.54) is 12.1 Å². The Labute approximate surface area is 181 Å². The van der Waals surface area contributed by atoms with E-state index in [-0.39, 0.29) is 17.6 Å². The molecule has 3 aromatic rings. The highest BCUT2D eigenvalue weighted by molar-refractivity contribution is 5.94. The molecule has 31 heavy (non-hydrogen) atoms. The third-order valence-electron chi connectivity index (χ3n) is 5.32. The highest BCUT2D eigenvalue weighted by atomic mass is 19.1. The number of carbonyl (C=O) groups is 1. The zero-order valence-corrected chi connectivity index (χ0v) is 17.4. The molecule has 0 bridgehead atoms. The first-order valence-corrected chi connectivity index (χ1v) is 10.5. The van der Waals surface area contributed by atoms with Crippen molar-refractivity contribution in [3.63, 3.8) is 0 Å².